The lowest BCUT2D eigenvalue weighted by Crippen LogP contribution is -2.36. The molecule has 0 saturated heterocycles. The van der Waals surface area contributed by atoms with Gasteiger partial charge in [-0.3, -0.25) is 4.79 Å². The van der Waals surface area contributed by atoms with Crippen LogP contribution in [0.2, 0.25) is 0 Å². The van der Waals surface area contributed by atoms with Gasteiger partial charge in [-0.05, 0) is 31.4 Å². The minimum atomic E-state index is -0.0457. The molecule has 0 unspecified atom stereocenters. The molecule has 1 aliphatic heterocycles. The Kier molecular flexibility index (Phi) is 3.41. The first kappa shape index (κ1) is 13.7. The van der Waals surface area contributed by atoms with Crippen LogP contribution in [0.1, 0.15) is 41.5 Å². The van der Waals surface area contributed by atoms with Crippen molar-refractivity contribution in [3.63, 3.8) is 0 Å². The topological polar surface area (TPSA) is 64.2 Å². The van der Waals surface area contributed by atoms with E-state index in [1.54, 1.807) is 10.7 Å². The fourth-order valence-electron chi connectivity index (χ4n) is 2.76. The summed E-state index contributed by atoms with van der Waals surface area (Å²) >= 11 is 0. The molecule has 2 aromatic rings. The zero-order chi connectivity index (χ0) is 15.0. The number of amides is 1. The zero-order valence-electron chi connectivity index (χ0n) is 12.4. The summed E-state index contributed by atoms with van der Waals surface area (Å²) in [7, 11) is 0. The summed E-state index contributed by atoms with van der Waals surface area (Å²) in [6.07, 6.45) is 0.891. The van der Waals surface area contributed by atoms with Crippen molar-refractivity contribution in [2.45, 2.75) is 32.9 Å². The van der Waals surface area contributed by atoms with E-state index < -0.39 is 0 Å². The van der Waals surface area contributed by atoms with Crippen LogP contribution in [0, 0.1) is 0 Å². The number of nitrogens with two attached hydrogens (primary N) is 1. The van der Waals surface area contributed by atoms with Gasteiger partial charge in [-0.15, -0.1) is 0 Å². The van der Waals surface area contributed by atoms with Gasteiger partial charge in [-0.25, -0.2) is 4.68 Å². The highest BCUT2D eigenvalue weighted by Gasteiger charge is 2.24. The van der Waals surface area contributed by atoms with Crippen LogP contribution < -0.4 is 5.73 Å². The standard InChI is InChI=1S/C16H20N4O/c1-11(2)20-15(17)9-14(18-20)16(21)19-8-7-12-5-3-4-6-13(12)10-19/h3-6,9,11H,7-8,10,17H2,1-2H3. The Labute approximate surface area is 124 Å². The van der Waals surface area contributed by atoms with E-state index >= 15 is 0 Å². The third kappa shape index (κ3) is 2.51. The van der Waals surface area contributed by atoms with E-state index in [4.69, 9.17) is 5.73 Å². The Hall–Kier alpha value is -2.30. The number of hydrogen-bond acceptors (Lipinski definition) is 3. The summed E-state index contributed by atoms with van der Waals surface area (Å²) in [5.41, 5.74) is 8.89. The number of carbonyl (C=O) groups is 1. The lowest BCUT2D eigenvalue weighted by molar-refractivity contribution is 0.0727. The van der Waals surface area contributed by atoms with E-state index in [-0.39, 0.29) is 11.9 Å². The number of rotatable bonds is 2. The Balaban J connectivity index is 1.82. The monoisotopic (exact) mass is 284 g/mol. The Morgan fingerprint density at radius 1 is 1.29 bits per heavy atom. The number of nitrogen functional groups attached to an aromatic ring is 1. The molecule has 110 valence electrons. The predicted octanol–water partition coefficient (Wildman–Crippen LogP) is 2.24. The average molecular weight is 284 g/mol. The van der Waals surface area contributed by atoms with Gasteiger partial charge in [0.15, 0.2) is 5.69 Å². The predicted molar refractivity (Wildman–Crippen MR) is 81.9 cm³/mol. The average Bonchev–Trinajstić information content (AvgIpc) is 2.88. The van der Waals surface area contributed by atoms with Gasteiger partial charge in [-0.2, -0.15) is 5.10 Å². The maximum Gasteiger partial charge on any atom is 0.274 e. The van der Waals surface area contributed by atoms with Gasteiger partial charge in [0.25, 0.3) is 5.91 Å². The molecule has 0 fully saturated rings. The molecule has 2 heterocycles. The van der Waals surface area contributed by atoms with Crippen molar-refractivity contribution in [3.8, 4) is 0 Å². The maximum absolute atomic E-state index is 12.6. The van der Waals surface area contributed by atoms with Crippen molar-refractivity contribution in [3.05, 3.63) is 47.2 Å². The summed E-state index contributed by atoms with van der Waals surface area (Å²) in [5.74, 6) is 0.487. The van der Waals surface area contributed by atoms with Crippen LogP contribution in [0.3, 0.4) is 0 Å². The Morgan fingerprint density at radius 3 is 2.67 bits per heavy atom. The molecular weight excluding hydrogens is 264 g/mol. The molecule has 0 aliphatic carbocycles. The zero-order valence-corrected chi connectivity index (χ0v) is 12.4. The Bertz CT molecular complexity index is 675. The number of nitrogens with zero attached hydrogens (tertiary/aromatic N) is 3. The highest BCUT2D eigenvalue weighted by atomic mass is 16.2. The van der Waals surface area contributed by atoms with Crippen molar-refractivity contribution in [1.29, 1.82) is 0 Å². The van der Waals surface area contributed by atoms with Gasteiger partial charge in [0.1, 0.15) is 5.82 Å². The lowest BCUT2D eigenvalue weighted by Gasteiger charge is -2.28. The summed E-state index contributed by atoms with van der Waals surface area (Å²) in [6.45, 7) is 5.36. The molecule has 0 atom stereocenters. The van der Waals surface area contributed by atoms with E-state index in [9.17, 15) is 4.79 Å². The quantitative estimate of drug-likeness (QED) is 0.920. The van der Waals surface area contributed by atoms with Gasteiger partial charge in [0, 0.05) is 25.2 Å². The van der Waals surface area contributed by atoms with E-state index in [1.807, 2.05) is 30.9 Å². The first-order chi connectivity index (χ1) is 10.1. The van der Waals surface area contributed by atoms with Crippen molar-refractivity contribution >= 4 is 11.7 Å². The maximum atomic E-state index is 12.6. The molecule has 5 nitrogen and oxygen atoms in total. The third-order valence-electron chi connectivity index (χ3n) is 3.89. The van der Waals surface area contributed by atoms with Crippen molar-refractivity contribution < 1.29 is 4.79 Å². The summed E-state index contributed by atoms with van der Waals surface area (Å²) in [5, 5.41) is 4.34. The lowest BCUT2D eigenvalue weighted by atomic mass is 10.00. The minimum absolute atomic E-state index is 0.0457. The van der Waals surface area contributed by atoms with Crippen molar-refractivity contribution in [1.82, 2.24) is 14.7 Å². The van der Waals surface area contributed by atoms with Crippen molar-refractivity contribution in [2.75, 3.05) is 12.3 Å². The van der Waals surface area contributed by atoms with Crippen LogP contribution in [0.4, 0.5) is 5.82 Å². The molecule has 3 rings (SSSR count). The van der Waals surface area contributed by atoms with Gasteiger partial charge in [0.2, 0.25) is 0 Å². The van der Waals surface area contributed by atoms with Gasteiger partial charge >= 0.3 is 0 Å². The SMILES string of the molecule is CC(C)n1nc(C(=O)N2CCc3ccccc3C2)cc1N. The van der Waals surface area contributed by atoms with E-state index in [0.717, 1.165) is 13.0 Å². The summed E-state index contributed by atoms with van der Waals surface area (Å²) in [6, 6.07) is 10.1. The minimum Gasteiger partial charge on any atom is -0.384 e. The number of hydrogen-bond donors (Lipinski definition) is 1. The number of benzene rings is 1. The summed E-state index contributed by atoms with van der Waals surface area (Å²) in [4.78, 5) is 14.4. The molecule has 1 aromatic carbocycles. The molecule has 1 aliphatic rings. The second-order valence-electron chi connectivity index (χ2n) is 5.74. The molecule has 0 spiro atoms. The highest BCUT2D eigenvalue weighted by Crippen LogP contribution is 2.21. The van der Waals surface area contributed by atoms with E-state index in [0.29, 0.717) is 18.1 Å². The van der Waals surface area contributed by atoms with E-state index in [1.165, 1.54) is 11.1 Å². The molecule has 0 saturated carbocycles. The molecule has 5 heteroatoms. The smallest absolute Gasteiger partial charge is 0.274 e. The number of carbonyl (C=O) groups excluding carboxylic acids is 1. The van der Waals surface area contributed by atoms with Crippen LogP contribution in [0.15, 0.2) is 30.3 Å². The van der Waals surface area contributed by atoms with E-state index in [2.05, 4.69) is 17.2 Å². The fourth-order valence-corrected chi connectivity index (χ4v) is 2.76. The second-order valence-corrected chi connectivity index (χ2v) is 5.74. The molecule has 0 bridgehead atoms. The van der Waals surface area contributed by atoms with Crippen LogP contribution in [0.5, 0.6) is 0 Å². The fraction of sp³-hybridized carbons (Fsp3) is 0.375. The van der Waals surface area contributed by atoms with Gasteiger partial charge in [0.05, 0.1) is 0 Å². The van der Waals surface area contributed by atoms with Crippen LogP contribution in [-0.4, -0.2) is 27.1 Å². The largest absolute Gasteiger partial charge is 0.384 e. The normalized spacial score (nSPS) is 14.3. The number of anilines is 1. The molecule has 1 aromatic heterocycles. The first-order valence-electron chi connectivity index (χ1n) is 7.27. The van der Waals surface area contributed by atoms with Crippen LogP contribution >= 0.6 is 0 Å². The first-order valence-corrected chi connectivity index (χ1v) is 7.27. The van der Waals surface area contributed by atoms with Gasteiger partial charge < -0.3 is 10.6 Å². The van der Waals surface area contributed by atoms with Crippen LogP contribution in [-0.2, 0) is 13.0 Å². The molecule has 2 N–H and O–H groups in total. The summed E-state index contributed by atoms with van der Waals surface area (Å²) < 4.78 is 1.69. The van der Waals surface area contributed by atoms with Gasteiger partial charge in [-0.1, -0.05) is 24.3 Å². The van der Waals surface area contributed by atoms with Crippen molar-refractivity contribution in [2.24, 2.45) is 0 Å². The third-order valence-corrected chi connectivity index (χ3v) is 3.89. The molecule has 1 amide bonds. The number of fused-ring (bicyclic) bond motifs is 1. The molecule has 21 heavy (non-hydrogen) atoms. The Morgan fingerprint density at radius 2 is 2.00 bits per heavy atom. The highest BCUT2D eigenvalue weighted by molar-refractivity contribution is 5.93. The van der Waals surface area contributed by atoms with Crippen LogP contribution in [0.25, 0.3) is 0 Å². The number of aromatic nitrogens is 2. The second kappa shape index (κ2) is 5.24. The molecular formula is C16H20N4O. The molecule has 0 radical (unpaired) electrons.